The van der Waals surface area contributed by atoms with E-state index in [0.29, 0.717) is 16.6 Å². The molecule has 0 saturated carbocycles. The van der Waals surface area contributed by atoms with Gasteiger partial charge in [0.15, 0.2) is 0 Å². The smallest absolute Gasteiger partial charge is 0.359 e. The third-order valence-corrected chi connectivity index (χ3v) is 4.56. The highest BCUT2D eigenvalue weighted by molar-refractivity contribution is 6.07. The van der Waals surface area contributed by atoms with Crippen molar-refractivity contribution in [2.24, 2.45) is 0 Å². The summed E-state index contributed by atoms with van der Waals surface area (Å²) in [5, 5.41) is 10.9. The lowest BCUT2D eigenvalue weighted by Crippen LogP contribution is -2.34. The Morgan fingerprint density at radius 3 is 2.25 bits per heavy atom. The van der Waals surface area contributed by atoms with Crippen LogP contribution in [-0.2, 0) is 6.54 Å². The number of aromatic nitrogens is 3. The van der Waals surface area contributed by atoms with Gasteiger partial charge in [0.1, 0.15) is 0 Å². The molecule has 0 radical (unpaired) electrons. The van der Waals surface area contributed by atoms with E-state index in [1.54, 1.807) is 54.6 Å². The molecule has 0 saturated heterocycles. The highest BCUT2D eigenvalue weighted by Gasteiger charge is 2.23. The Morgan fingerprint density at radius 1 is 0.821 bits per heavy atom. The SMILES string of the molecule is O=C(c1cccc2ccccc12)n1c(=O)n(-c2ccccc2)c(=O)n1CCO. The van der Waals surface area contributed by atoms with E-state index in [0.717, 1.165) is 19.3 Å². The second kappa shape index (κ2) is 7.13. The largest absolute Gasteiger partial charge is 0.394 e. The van der Waals surface area contributed by atoms with E-state index in [2.05, 4.69) is 0 Å². The highest BCUT2D eigenvalue weighted by Crippen LogP contribution is 2.19. The van der Waals surface area contributed by atoms with Crippen molar-refractivity contribution in [2.75, 3.05) is 6.61 Å². The summed E-state index contributed by atoms with van der Waals surface area (Å²) in [5.74, 6) is -0.623. The maximum Gasteiger partial charge on any atom is 0.359 e. The van der Waals surface area contributed by atoms with Crippen LogP contribution in [0, 0.1) is 0 Å². The number of hydrogen-bond donors (Lipinski definition) is 1. The Labute approximate surface area is 159 Å². The predicted octanol–water partition coefficient (Wildman–Crippen LogP) is 1.63. The summed E-state index contributed by atoms with van der Waals surface area (Å²) in [6.07, 6.45) is 0. The zero-order valence-corrected chi connectivity index (χ0v) is 14.9. The molecule has 0 amide bonds. The number of carbonyl (C=O) groups is 1. The molecule has 4 aromatic rings. The first-order valence-corrected chi connectivity index (χ1v) is 8.77. The van der Waals surface area contributed by atoms with Gasteiger partial charge in [-0.25, -0.2) is 18.8 Å². The van der Waals surface area contributed by atoms with Crippen LogP contribution in [0.15, 0.2) is 82.4 Å². The van der Waals surface area contributed by atoms with E-state index < -0.39 is 17.3 Å². The van der Waals surface area contributed by atoms with Crippen LogP contribution in [0.1, 0.15) is 10.4 Å². The number of carbonyl (C=O) groups excluding carboxylic acids is 1. The van der Waals surface area contributed by atoms with Crippen molar-refractivity contribution in [1.82, 2.24) is 13.9 Å². The summed E-state index contributed by atoms with van der Waals surface area (Å²) in [6.45, 7) is -0.564. The fraction of sp³-hybridized carbons (Fsp3) is 0.0952. The molecule has 4 rings (SSSR count). The van der Waals surface area contributed by atoms with E-state index in [9.17, 15) is 19.5 Å². The van der Waals surface area contributed by atoms with Gasteiger partial charge in [0.05, 0.1) is 18.8 Å². The van der Waals surface area contributed by atoms with Crippen molar-refractivity contribution < 1.29 is 9.90 Å². The lowest BCUT2D eigenvalue weighted by atomic mass is 10.0. The van der Waals surface area contributed by atoms with Gasteiger partial charge in [-0.15, -0.1) is 0 Å². The van der Waals surface area contributed by atoms with Crippen molar-refractivity contribution in [3.8, 4) is 5.69 Å². The van der Waals surface area contributed by atoms with E-state index in [-0.39, 0.29) is 13.2 Å². The van der Waals surface area contributed by atoms with Crippen LogP contribution in [0.3, 0.4) is 0 Å². The molecule has 0 bridgehead atoms. The molecule has 1 aromatic heterocycles. The number of rotatable bonds is 4. The van der Waals surface area contributed by atoms with Crippen LogP contribution in [0.2, 0.25) is 0 Å². The Hall–Kier alpha value is -3.71. The number of benzene rings is 3. The van der Waals surface area contributed by atoms with Crippen molar-refractivity contribution in [2.45, 2.75) is 6.54 Å². The normalized spacial score (nSPS) is 11.0. The van der Waals surface area contributed by atoms with Crippen molar-refractivity contribution in [3.63, 3.8) is 0 Å². The summed E-state index contributed by atoms with van der Waals surface area (Å²) < 4.78 is 2.70. The molecule has 0 fully saturated rings. The zero-order valence-electron chi connectivity index (χ0n) is 14.9. The van der Waals surface area contributed by atoms with Gasteiger partial charge in [-0.1, -0.05) is 54.6 Å². The van der Waals surface area contributed by atoms with E-state index in [4.69, 9.17) is 0 Å². The quantitative estimate of drug-likeness (QED) is 0.587. The minimum atomic E-state index is -0.775. The van der Waals surface area contributed by atoms with E-state index >= 15 is 0 Å². The maximum atomic E-state index is 13.3. The van der Waals surface area contributed by atoms with Crippen molar-refractivity contribution >= 4 is 16.7 Å². The van der Waals surface area contributed by atoms with Gasteiger partial charge < -0.3 is 5.11 Å². The standard InChI is InChI=1S/C21H17N3O4/c25-14-13-22-20(27)23(16-9-2-1-3-10-16)21(28)24(22)19(26)18-12-6-8-15-7-4-5-11-17(15)18/h1-12,25H,13-14H2. The summed E-state index contributed by atoms with van der Waals surface area (Å²) >= 11 is 0. The van der Waals surface area contributed by atoms with Gasteiger partial charge >= 0.3 is 11.4 Å². The molecule has 1 heterocycles. The summed E-state index contributed by atoms with van der Waals surface area (Å²) in [4.78, 5) is 39.2. The second-order valence-corrected chi connectivity index (χ2v) is 6.23. The number of hydrogen-bond acceptors (Lipinski definition) is 4. The molecule has 0 aliphatic carbocycles. The molecule has 7 nitrogen and oxygen atoms in total. The van der Waals surface area contributed by atoms with E-state index in [1.165, 1.54) is 0 Å². The first kappa shape index (κ1) is 17.7. The van der Waals surface area contributed by atoms with Gasteiger partial charge in [0, 0.05) is 5.56 Å². The Kier molecular flexibility index (Phi) is 4.50. The van der Waals surface area contributed by atoms with Gasteiger partial charge in [0.25, 0.3) is 5.91 Å². The van der Waals surface area contributed by atoms with Crippen LogP contribution in [0.4, 0.5) is 0 Å². The highest BCUT2D eigenvalue weighted by atomic mass is 16.3. The van der Waals surface area contributed by atoms with Gasteiger partial charge in [-0.05, 0) is 29.0 Å². The topological polar surface area (TPSA) is 86.2 Å². The molecule has 0 spiro atoms. The van der Waals surface area contributed by atoms with E-state index in [1.807, 2.05) is 18.2 Å². The lowest BCUT2D eigenvalue weighted by Gasteiger charge is -2.09. The number of para-hydroxylation sites is 1. The van der Waals surface area contributed by atoms with Crippen molar-refractivity contribution in [1.29, 1.82) is 0 Å². The summed E-state index contributed by atoms with van der Waals surface area (Å²) in [6, 6.07) is 20.9. The Morgan fingerprint density at radius 2 is 1.50 bits per heavy atom. The van der Waals surface area contributed by atoms with Gasteiger partial charge in [0.2, 0.25) is 0 Å². The second-order valence-electron chi connectivity index (χ2n) is 6.23. The summed E-state index contributed by atoms with van der Waals surface area (Å²) in [7, 11) is 0. The number of aliphatic hydroxyl groups excluding tert-OH is 1. The fourth-order valence-electron chi connectivity index (χ4n) is 3.29. The molecular formula is C21H17N3O4. The first-order valence-electron chi connectivity index (χ1n) is 8.77. The lowest BCUT2D eigenvalue weighted by molar-refractivity contribution is 0.0917. The minimum absolute atomic E-state index is 0.176. The molecule has 7 heteroatoms. The van der Waals surface area contributed by atoms with Crippen molar-refractivity contribution in [3.05, 3.63) is 99.3 Å². The Balaban J connectivity index is 1.98. The third kappa shape index (κ3) is 2.78. The van der Waals surface area contributed by atoms with Crippen LogP contribution >= 0.6 is 0 Å². The molecule has 0 aliphatic rings. The van der Waals surface area contributed by atoms with Crippen LogP contribution in [0.5, 0.6) is 0 Å². The molecule has 140 valence electrons. The molecule has 3 aromatic carbocycles. The average Bonchev–Trinajstić information content (AvgIpc) is 2.97. The third-order valence-electron chi connectivity index (χ3n) is 4.56. The van der Waals surface area contributed by atoms with Gasteiger partial charge in [-0.2, -0.15) is 4.68 Å². The number of nitrogens with zero attached hydrogens (tertiary/aromatic N) is 3. The van der Waals surface area contributed by atoms with Crippen LogP contribution in [0.25, 0.3) is 16.5 Å². The summed E-state index contributed by atoms with van der Waals surface area (Å²) in [5.41, 5.74) is -0.799. The number of fused-ring (bicyclic) bond motifs is 1. The van der Waals surface area contributed by atoms with Crippen LogP contribution < -0.4 is 11.4 Å². The molecule has 0 unspecified atom stereocenters. The molecule has 28 heavy (non-hydrogen) atoms. The molecular weight excluding hydrogens is 358 g/mol. The zero-order chi connectivity index (χ0) is 19.7. The Bertz CT molecular complexity index is 1280. The number of aliphatic hydroxyl groups is 1. The fourth-order valence-corrected chi connectivity index (χ4v) is 3.29. The molecule has 0 aliphatic heterocycles. The predicted molar refractivity (Wildman–Crippen MR) is 105 cm³/mol. The molecule has 1 N–H and O–H groups in total. The average molecular weight is 375 g/mol. The maximum absolute atomic E-state index is 13.3. The van der Waals surface area contributed by atoms with Gasteiger partial charge in [-0.3, -0.25) is 4.79 Å². The molecule has 0 atom stereocenters. The monoisotopic (exact) mass is 375 g/mol. The van der Waals surface area contributed by atoms with Crippen LogP contribution in [-0.4, -0.2) is 31.6 Å². The minimum Gasteiger partial charge on any atom is -0.394 e. The first-order chi connectivity index (χ1) is 13.6.